The minimum absolute atomic E-state index is 0.267. The van der Waals surface area contributed by atoms with E-state index in [9.17, 15) is 12.8 Å². The van der Waals surface area contributed by atoms with Gasteiger partial charge in [0, 0.05) is 5.69 Å². The first-order chi connectivity index (χ1) is 13.4. The van der Waals surface area contributed by atoms with Gasteiger partial charge in [-0.2, -0.15) is 0 Å². The van der Waals surface area contributed by atoms with Gasteiger partial charge in [-0.1, -0.05) is 42.5 Å². The van der Waals surface area contributed by atoms with Crippen LogP contribution in [0.5, 0.6) is 0 Å². The maximum atomic E-state index is 14.1. The largest absolute Gasteiger partial charge is 0.284 e. The van der Waals surface area contributed by atoms with Gasteiger partial charge < -0.3 is 0 Å². The fraction of sp³-hybridized carbons (Fsp3) is 0.130. The fourth-order valence-electron chi connectivity index (χ4n) is 3.66. The Labute approximate surface area is 164 Å². The van der Waals surface area contributed by atoms with Crippen molar-refractivity contribution in [1.82, 2.24) is 0 Å². The van der Waals surface area contributed by atoms with Crippen molar-refractivity contribution < 1.29 is 12.8 Å². The highest BCUT2D eigenvalue weighted by Crippen LogP contribution is 2.35. The third-order valence-electron chi connectivity index (χ3n) is 4.83. The number of sulfonamides is 1. The molecule has 0 bridgehead atoms. The molecule has 0 saturated carbocycles. The van der Waals surface area contributed by atoms with E-state index in [-0.39, 0.29) is 5.82 Å². The lowest BCUT2D eigenvalue weighted by molar-refractivity contribution is 0.607. The molecule has 0 atom stereocenters. The molecule has 5 heteroatoms. The van der Waals surface area contributed by atoms with E-state index >= 15 is 0 Å². The predicted octanol–water partition coefficient (Wildman–Crippen LogP) is 4.88. The molecule has 0 amide bonds. The first kappa shape index (κ1) is 18.4. The summed E-state index contributed by atoms with van der Waals surface area (Å²) in [7, 11) is -3.36. The van der Waals surface area contributed by atoms with Gasteiger partial charge in [-0.15, -0.1) is 0 Å². The summed E-state index contributed by atoms with van der Waals surface area (Å²) >= 11 is 0. The van der Waals surface area contributed by atoms with E-state index in [0.29, 0.717) is 5.69 Å². The molecule has 1 aliphatic rings. The SMILES string of the molecule is CS(=O)(=O)Nc1cccc(C=C2c3ccccc3CCc3ccc(F)cc32)c1. The van der Waals surface area contributed by atoms with Crippen LogP contribution in [0.1, 0.15) is 27.8 Å². The second kappa shape index (κ2) is 7.24. The van der Waals surface area contributed by atoms with Crippen molar-refractivity contribution in [3.63, 3.8) is 0 Å². The minimum Gasteiger partial charge on any atom is -0.284 e. The number of hydrogen-bond acceptors (Lipinski definition) is 2. The van der Waals surface area contributed by atoms with E-state index in [1.807, 2.05) is 30.3 Å². The zero-order valence-corrected chi connectivity index (χ0v) is 16.3. The molecule has 3 aromatic rings. The number of fused-ring (bicyclic) bond motifs is 2. The van der Waals surface area contributed by atoms with Crippen molar-refractivity contribution in [2.24, 2.45) is 0 Å². The zero-order valence-electron chi connectivity index (χ0n) is 15.4. The van der Waals surface area contributed by atoms with Crippen LogP contribution in [-0.4, -0.2) is 14.7 Å². The van der Waals surface area contributed by atoms with Crippen molar-refractivity contribution in [3.05, 3.63) is 100 Å². The molecule has 0 saturated heterocycles. The Morgan fingerprint density at radius 1 is 0.893 bits per heavy atom. The van der Waals surface area contributed by atoms with Gasteiger partial charge in [0.05, 0.1) is 6.26 Å². The number of halogens is 1. The molecule has 1 N–H and O–H groups in total. The molecule has 3 aromatic carbocycles. The first-order valence-corrected chi connectivity index (χ1v) is 10.9. The lowest BCUT2D eigenvalue weighted by atomic mass is 9.92. The Kier molecular flexibility index (Phi) is 4.77. The summed E-state index contributed by atoms with van der Waals surface area (Å²) in [5.74, 6) is -0.267. The summed E-state index contributed by atoms with van der Waals surface area (Å²) < 4.78 is 39.7. The van der Waals surface area contributed by atoms with E-state index in [4.69, 9.17) is 0 Å². The van der Waals surface area contributed by atoms with Gasteiger partial charge in [0.1, 0.15) is 5.82 Å². The molecule has 142 valence electrons. The molecule has 28 heavy (non-hydrogen) atoms. The summed E-state index contributed by atoms with van der Waals surface area (Å²) in [5.41, 5.74) is 6.57. The Morgan fingerprint density at radius 3 is 2.43 bits per heavy atom. The molecule has 0 radical (unpaired) electrons. The van der Waals surface area contributed by atoms with Crippen LogP contribution >= 0.6 is 0 Å². The van der Waals surface area contributed by atoms with Crippen molar-refractivity contribution in [1.29, 1.82) is 0 Å². The molecule has 1 aliphatic carbocycles. The summed E-state index contributed by atoms with van der Waals surface area (Å²) in [6.07, 6.45) is 4.86. The predicted molar refractivity (Wildman–Crippen MR) is 112 cm³/mol. The van der Waals surface area contributed by atoms with Crippen LogP contribution in [0.3, 0.4) is 0 Å². The summed E-state index contributed by atoms with van der Waals surface area (Å²) in [6, 6.07) is 20.3. The molecule has 0 heterocycles. The van der Waals surface area contributed by atoms with E-state index in [0.717, 1.165) is 46.9 Å². The lowest BCUT2D eigenvalue weighted by Crippen LogP contribution is -2.09. The van der Waals surface area contributed by atoms with Gasteiger partial charge in [-0.05, 0) is 76.6 Å². The highest BCUT2D eigenvalue weighted by molar-refractivity contribution is 7.92. The number of benzene rings is 3. The highest BCUT2D eigenvalue weighted by Gasteiger charge is 2.18. The van der Waals surface area contributed by atoms with Crippen molar-refractivity contribution in [3.8, 4) is 0 Å². The Morgan fingerprint density at radius 2 is 1.64 bits per heavy atom. The van der Waals surface area contributed by atoms with E-state index in [1.54, 1.807) is 24.3 Å². The van der Waals surface area contributed by atoms with E-state index < -0.39 is 10.0 Å². The van der Waals surface area contributed by atoms with Gasteiger partial charge in [-0.25, -0.2) is 12.8 Å². The number of rotatable bonds is 3. The maximum Gasteiger partial charge on any atom is 0.229 e. The normalized spacial score (nSPS) is 14.9. The Balaban J connectivity index is 1.89. The van der Waals surface area contributed by atoms with Crippen LogP contribution in [0.4, 0.5) is 10.1 Å². The average molecular weight is 393 g/mol. The summed E-state index contributed by atoms with van der Waals surface area (Å²) in [4.78, 5) is 0. The molecule has 0 unspecified atom stereocenters. The van der Waals surface area contributed by atoms with Crippen molar-refractivity contribution in [2.75, 3.05) is 11.0 Å². The third kappa shape index (κ3) is 3.99. The minimum atomic E-state index is -3.36. The van der Waals surface area contributed by atoms with Gasteiger partial charge >= 0.3 is 0 Å². The quantitative estimate of drug-likeness (QED) is 0.689. The standard InChI is InChI=1S/C23H20FNO2S/c1-28(26,27)25-20-7-4-5-16(13-20)14-23-21-8-3-2-6-17(21)9-10-18-11-12-19(24)15-22(18)23/h2-8,11-15,25H,9-10H2,1H3. The van der Waals surface area contributed by atoms with Crippen LogP contribution in [-0.2, 0) is 22.9 Å². The van der Waals surface area contributed by atoms with Crippen LogP contribution in [0.25, 0.3) is 11.6 Å². The molecule has 0 fully saturated rings. The summed E-state index contributed by atoms with van der Waals surface area (Å²) in [5, 5.41) is 0. The average Bonchev–Trinajstić information content (AvgIpc) is 2.78. The van der Waals surface area contributed by atoms with Gasteiger partial charge in [-0.3, -0.25) is 4.72 Å². The topological polar surface area (TPSA) is 46.2 Å². The molecule has 3 nitrogen and oxygen atoms in total. The zero-order chi connectivity index (χ0) is 19.7. The summed E-state index contributed by atoms with van der Waals surface area (Å²) in [6.45, 7) is 0. The second-order valence-corrected chi connectivity index (χ2v) is 8.76. The van der Waals surface area contributed by atoms with Crippen LogP contribution in [0.15, 0.2) is 66.7 Å². The molecular formula is C23H20FNO2S. The highest BCUT2D eigenvalue weighted by atomic mass is 32.2. The van der Waals surface area contributed by atoms with Crippen LogP contribution in [0.2, 0.25) is 0 Å². The van der Waals surface area contributed by atoms with Gasteiger partial charge in [0.25, 0.3) is 0 Å². The van der Waals surface area contributed by atoms with E-state index in [2.05, 4.69) is 16.9 Å². The number of anilines is 1. The van der Waals surface area contributed by atoms with Crippen LogP contribution in [0, 0.1) is 5.82 Å². The second-order valence-electron chi connectivity index (χ2n) is 7.02. The third-order valence-corrected chi connectivity index (χ3v) is 5.44. The van der Waals surface area contributed by atoms with E-state index in [1.165, 1.54) is 11.6 Å². The Bertz CT molecular complexity index is 1180. The van der Waals surface area contributed by atoms with Crippen molar-refractivity contribution in [2.45, 2.75) is 12.8 Å². The molecular weight excluding hydrogens is 373 g/mol. The maximum absolute atomic E-state index is 14.1. The lowest BCUT2D eigenvalue weighted by Gasteiger charge is -2.13. The van der Waals surface area contributed by atoms with Gasteiger partial charge in [0.15, 0.2) is 0 Å². The number of nitrogens with one attached hydrogen (secondary N) is 1. The monoisotopic (exact) mass is 393 g/mol. The molecule has 0 spiro atoms. The molecule has 4 rings (SSSR count). The Hall–Kier alpha value is -2.92. The smallest absolute Gasteiger partial charge is 0.229 e. The first-order valence-electron chi connectivity index (χ1n) is 9.06. The number of aryl methyl sites for hydroxylation is 2. The van der Waals surface area contributed by atoms with Gasteiger partial charge in [0.2, 0.25) is 10.0 Å². The molecule has 0 aromatic heterocycles. The van der Waals surface area contributed by atoms with Crippen LogP contribution < -0.4 is 4.72 Å². The number of hydrogen-bond donors (Lipinski definition) is 1. The molecule has 0 aliphatic heterocycles. The fourth-order valence-corrected chi connectivity index (χ4v) is 4.22. The van der Waals surface area contributed by atoms with Crippen molar-refractivity contribution >= 4 is 27.4 Å².